The van der Waals surface area contributed by atoms with Crippen molar-refractivity contribution < 1.29 is 24.2 Å². The van der Waals surface area contributed by atoms with Gasteiger partial charge in [0.25, 0.3) is 0 Å². The van der Waals surface area contributed by atoms with Gasteiger partial charge in [0, 0.05) is 23.9 Å². The number of fused-ring (bicyclic) bond motifs is 7. The molecule has 10 atom stereocenters. The van der Waals surface area contributed by atoms with Crippen LogP contribution >= 0.6 is 0 Å². The SMILES string of the molecule is C=C(C)[C@@H]1CC[C@]2(CC(=O)NC(C)(C)CN)CC[C@]3(C)[C@H](CC[C@@H]4[C@@]5(C)CC[C@H](OC(=O)CC(C)(C)C(=O)O)C(C)(C)[C@@H]5CC[C@]43C)[C@@H]12. The van der Waals surface area contributed by atoms with Crippen LogP contribution in [-0.2, 0) is 19.1 Å². The smallest absolute Gasteiger partial charge is 0.309 e. The van der Waals surface area contributed by atoms with Crippen molar-refractivity contribution in [3.63, 3.8) is 0 Å². The lowest BCUT2D eigenvalue weighted by Gasteiger charge is -2.73. The first-order valence-corrected chi connectivity index (χ1v) is 19.1. The van der Waals surface area contributed by atoms with Crippen molar-refractivity contribution in [3.8, 4) is 0 Å². The zero-order valence-corrected chi connectivity index (χ0v) is 32.0. The van der Waals surface area contributed by atoms with Crippen LogP contribution in [0.5, 0.6) is 0 Å². The Morgan fingerprint density at radius 2 is 1.54 bits per heavy atom. The lowest BCUT2D eigenvalue weighted by atomic mass is 9.32. The van der Waals surface area contributed by atoms with Crippen LogP contribution in [0.3, 0.4) is 0 Å². The number of hydrogen-bond acceptors (Lipinski definition) is 5. The normalized spacial score (nSPS) is 42.0. The summed E-state index contributed by atoms with van der Waals surface area (Å²) < 4.78 is 6.17. The molecular weight excluding hydrogens is 600 g/mol. The van der Waals surface area contributed by atoms with Crippen LogP contribution in [0.4, 0.5) is 0 Å². The number of carboxylic acid groups (broad SMARTS) is 1. The fourth-order valence-electron chi connectivity index (χ4n) is 13.2. The number of nitrogens with one attached hydrogen (secondary N) is 1. The second-order valence-electron chi connectivity index (χ2n) is 20.1. The van der Waals surface area contributed by atoms with Crippen LogP contribution in [0.2, 0.25) is 0 Å². The van der Waals surface area contributed by atoms with Crippen molar-refractivity contribution in [2.75, 3.05) is 6.54 Å². The van der Waals surface area contributed by atoms with Crippen LogP contribution in [0.25, 0.3) is 0 Å². The van der Waals surface area contributed by atoms with Crippen LogP contribution in [-0.4, -0.2) is 41.1 Å². The number of carbonyl (C=O) groups is 3. The number of esters is 1. The molecule has 0 aliphatic heterocycles. The molecule has 4 N–H and O–H groups in total. The van der Waals surface area contributed by atoms with Gasteiger partial charge in [-0.2, -0.15) is 0 Å². The molecule has 0 aromatic rings. The maximum atomic E-state index is 13.6. The summed E-state index contributed by atoms with van der Waals surface area (Å²) in [6.07, 6.45) is 11.3. The molecule has 0 aromatic carbocycles. The number of rotatable bonds is 9. The molecule has 0 unspecified atom stereocenters. The molecule has 5 fully saturated rings. The van der Waals surface area contributed by atoms with E-state index < -0.39 is 22.9 Å². The summed E-state index contributed by atoms with van der Waals surface area (Å²) in [5, 5.41) is 12.9. The fraction of sp³-hybridized carbons (Fsp3) is 0.878. The van der Waals surface area contributed by atoms with Crippen molar-refractivity contribution in [1.82, 2.24) is 5.32 Å². The van der Waals surface area contributed by atoms with Crippen LogP contribution < -0.4 is 11.1 Å². The Bertz CT molecular complexity index is 1320. The van der Waals surface area contributed by atoms with Gasteiger partial charge in [-0.1, -0.05) is 46.8 Å². The molecule has 0 heterocycles. The maximum absolute atomic E-state index is 13.6. The van der Waals surface area contributed by atoms with Gasteiger partial charge < -0.3 is 20.9 Å². The number of nitrogens with two attached hydrogens (primary N) is 1. The Morgan fingerprint density at radius 3 is 2.15 bits per heavy atom. The minimum absolute atomic E-state index is 0.0198. The average Bonchev–Trinajstić information content (AvgIpc) is 3.33. The Kier molecular flexibility index (Phi) is 9.43. The second-order valence-corrected chi connectivity index (χ2v) is 20.1. The van der Waals surface area contributed by atoms with Crippen molar-refractivity contribution in [3.05, 3.63) is 12.2 Å². The van der Waals surface area contributed by atoms with Crippen molar-refractivity contribution in [2.24, 2.45) is 67.8 Å². The van der Waals surface area contributed by atoms with Gasteiger partial charge in [-0.15, -0.1) is 0 Å². The van der Waals surface area contributed by atoms with E-state index in [4.69, 9.17) is 10.5 Å². The first-order chi connectivity index (χ1) is 22.0. The third-order valence-electron chi connectivity index (χ3n) is 16.1. The molecule has 0 spiro atoms. The molecule has 1 amide bonds. The van der Waals surface area contributed by atoms with Gasteiger partial charge in [-0.3, -0.25) is 14.4 Å². The molecule has 48 heavy (non-hydrogen) atoms. The molecule has 5 aliphatic carbocycles. The van der Waals surface area contributed by atoms with E-state index in [0.717, 1.165) is 38.5 Å². The second kappa shape index (κ2) is 12.1. The molecule has 0 aromatic heterocycles. The monoisotopic (exact) mass is 669 g/mol. The zero-order chi connectivity index (χ0) is 35.9. The lowest BCUT2D eigenvalue weighted by molar-refractivity contribution is -0.250. The number of amides is 1. The highest BCUT2D eigenvalue weighted by Gasteiger charge is 2.71. The number of carbonyl (C=O) groups excluding carboxylic acids is 2. The van der Waals surface area contributed by atoms with E-state index in [1.165, 1.54) is 31.3 Å². The maximum Gasteiger partial charge on any atom is 0.309 e. The number of allylic oxidation sites excluding steroid dienone is 1. The number of ether oxygens (including phenoxy) is 1. The van der Waals surface area contributed by atoms with Crippen LogP contribution in [0, 0.1) is 62.1 Å². The summed E-state index contributed by atoms with van der Waals surface area (Å²) in [6.45, 7) is 26.8. The van der Waals surface area contributed by atoms with Gasteiger partial charge in [0.15, 0.2) is 0 Å². The molecule has 5 aliphatic rings. The summed E-state index contributed by atoms with van der Waals surface area (Å²) in [6, 6.07) is 0. The number of carboxylic acids is 1. The molecule has 0 radical (unpaired) electrons. The van der Waals surface area contributed by atoms with Gasteiger partial charge in [-0.05, 0) is 150 Å². The molecule has 7 nitrogen and oxygen atoms in total. The van der Waals surface area contributed by atoms with E-state index in [0.29, 0.717) is 42.6 Å². The minimum atomic E-state index is -1.14. The molecule has 7 heteroatoms. The Hall–Kier alpha value is -1.89. The van der Waals surface area contributed by atoms with Crippen LogP contribution in [0.15, 0.2) is 12.2 Å². The predicted octanol–water partition coefficient (Wildman–Crippen LogP) is 8.30. The van der Waals surface area contributed by atoms with E-state index in [-0.39, 0.29) is 45.5 Å². The van der Waals surface area contributed by atoms with E-state index in [1.54, 1.807) is 13.8 Å². The standard InChI is InChI=1S/C41H68N2O5/c1-25(2)26-14-19-41(22-31(44)43-36(5,6)24-42)21-20-39(10)27(33(26)41)12-13-29-38(9)17-16-30(48-32(45)23-35(3,4)34(46)47)37(7,8)28(38)15-18-40(29,39)11/h26-30,33H,1,12-24,42H2,2-11H3,(H,43,44)(H,46,47)/t26-,27+,28-,29+,30-,33+,38-,39+,40+,41+/m0/s1. The number of aliphatic carboxylic acids is 1. The third-order valence-corrected chi connectivity index (χ3v) is 16.1. The fourth-order valence-corrected chi connectivity index (χ4v) is 13.2. The first-order valence-electron chi connectivity index (χ1n) is 19.1. The summed E-state index contributed by atoms with van der Waals surface area (Å²) in [5.41, 5.74) is 6.07. The van der Waals surface area contributed by atoms with E-state index >= 15 is 0 Å². The van der Waals surface area contributed by atoms with Gasteiger partial charge >= 0.3 is 11.9 Å². The van der Waals surface area contributed by atoms with E-state index in [1.807, 2.05) is 13.8 Å². The number of hydrogen-bond donors (Lipinski definition) is 3. The zero-order valence-electron chi connectivity index (χ0n) is 32.0. The molecule has 5 rings (SSSR count). The minimum Gasteiger partial charge on any atom is -0.481 e. The van der Waals surface area contributed by atoms with Gasteiger partial charge in [0.1, 0.15) is 6.10 Å². The van der Waals surface area contributed by atoms with Crippen molar-refractivity contribution in [1.29, 1.82) is 0 Å². The average molecular weight is 669 g/mol. The van der Waals surface area contributed by atoms with Crippen molar-refractivity contribution in [2.45, 2.75) is 158 Å². The molecular formula is C41H68N2O5. The third kappa shape index (κ3) is 5.78. The lowest BCUT2D eigenvalue weighted by Crippen LogP contribution is -2.67. The predicted molar refractivity (Wildman–Crippen MR) is 191 cm³/mol. The Balaban J connectivity index is 1.41. The summed E-state index contributed by atoms with van der Waals surface area (Å²) in [5.74, 6) is 1.30. The van der Waals surface area contributed by atoms with E-state index in [2.05, 4.69) is 53.4 Å². The molecule has 5 saturated carbocycles. The van der Waals surface area contributed by atoms with Gasteiger partial charge in [-0.25, -0.2) is 0 Å². The first kappa shape index (κ1) is 37.4. The largest absolute Gasteiger partial charge is 0.481 e. The van der Waals surface area contributed by atoms with Gasteiger partial charge in [0.2, 0.25) is 5.91 Å². The quantitative estimate of drug-likeness (QED) is 0.168. The van der Waals surface area contributed by atoms with Gasteiger partial charge in [0.05, 0.1) is 11.8 Å². The molecule has 272 valence electrons. The summed E-state index contributed by atoms with van der Waals surface area (Å²) >= 11 is 0. The van der Waals surface area contributed by atoms with E-state index in [9.17, 15) is 19.5 Å². The highest BCUT2D eigenvalue weighted by molar-refractivity contribution is 5.81. The highest BCUT2D eigenvalue weighted by Crippen LogP contribution is 2.78. The summed E-state index contributed by atoms with van der Waals surface area (Å²) in [4.78, 5) is 38.4. The Morgan fingerprint density at radius 1 is 0.875 bits per heavy atom. The highest BCUT2D eigenvalue weighted by atomic mass is 16.5. The van der Waals surface area contributed by atoms with Crippen LogP contribution in [0.1, 0.15) is 146 Å². The Labute approximate surface area is 291 Å². The molecule has 0 bridgehead atoms. The molecule has 0 saturated heterocycles. The van der Waals surface area contributed by atoms with Crippen molar-refractivity contribution >= 4 is 17.8 Å². The topological polar surface area (TPSA) is 119 Å². The summed E-state index contributed by atoms with van der Waals surface area (Å²) in [7, 11) is 0.